The lowest BCUT2D eigenvalue weighted by Gasteiger charge is -2.26. The zero-order valence-corrected chi connectivity index (χ0v) is 24.6. The Hall–Kier alpha value is -4.46. The van der Waals surface area contributed by atoms with Crippen molar-refractivity contribution in [3.63, 3.8) is 0 Å². The second-order valence-corrected chi connectivity index (χ2v) is 11.3. The molecule has 14 heteroatoms. The number of methoxy groups -OCH3 is 2. The quantitative estimate of drug-likeness (QED) is 0.165. The summed E-state index contributed by atoms with van der Waals surface area (Å²) >= 11 is 0. The number of alkyl halides is 6. The van der Waals surface area contributed by atoms with Gasteiger partial charge in [0.05, 0.1) is 37.0 Å². The van der Waals surface area contributed by atoms with E-state index >= 15 is 0 Å². The summed E-state index contributed by atoms with van der Waals surface area (Å²) in [5, 5.41) is 10.9. The van der Waals surface area contributed by atoms with Crippen molar-refractivity contribution in [1.82, 2.24) is 0 Å². The average Bonchev–Trinajstić information content (AvgIpc) is 2.93. The summed E-state index contributed by atoms with van der Waals surface area (Å²) in [5.41, 5.74) is -4.62. The van der Waals surface area contributed by atoms with Gasteiger partial charge < -0.3 is 28.8 Å². The first-order valence-electron chi connectivity index (χ1n) is 13.3. The standard InChI is InChI=1S/C31H28F6O8/c1-29(2,3)13-21(38)20-6-7-22-24(26(20)42-5)28(40)43-14-16-10-19(41-4)12-23(25(16)44-22)45-27(39)15-8-17(30(32,33)34)11-18(9-15)31(35,36)37/h6-12,21,38H,13-14H2,1-5H3/t21-/m0/s1. The van der Waals surface area contributed by atoms with Crippen LogP contribution in [0.4, 0.5) is 26.3 Å². The Morgan fingerprint density at radius 1 is 0.933 bits per heavy atom. The highest BCUT2D eigenvalue weighted by molar-refractivity contribution is 5.97. The SMILES string of the molecule is COc1cc2c(c(OC(=O)c3cc(C(F)(F)F)cc(C(F)(F)F)c3)c1)Oc1ccc([C@@H](O)CC(C)(C)C)c(OC)c1C(=O)OC2. The molecule has 0 bridgehead atoms. The highest BCUT2D eigenvalue weighted by atomic mass is 19.4. The number of cyclic esters (lactones) is 1. The number of ether oxygens (including phenoxy) is 5. The van der Waals surface area contributed by atoms with Crippen molar-refractivity contribution in [3.05, 3.63) is 75.8 Å². The van der Waals surface area contributed by atoms with Gasteiger partial charge in [0.25, 0.3) is 0 Å². The lowest BCUT2D eigenvalue weighted by molar-refractivity contribution is -0.143. The first-order chi connectivity index (χ1) is 20.8. The van der Waals surface area contributed by atoms with Gasteiger partial charge >= 0.3 is 24.3 Å². The third-order valence-electron chi connectivity index (χ3n) is 6.66. The van der Waals surface area contributed by atoms with Crippen molar-refractivity contribution in [3.8, 4) is 28.7 Å². The topological polar surface area (TPSA) is 101 Å². The lowest BCUT2D eigenvalue weighted by atomic mass is 9.86. The Bertz CT molecular complexity index is 1590. The van der Waals surface area contributed by atoms with Crippen LogP contribution in [0, 0.1) is 5.41 Å². The van der Waals surface area contributed by atoms with Crippen LogP contribution in [0.5, 0.6) is 28.7 Å². The van der Waals surface area contributed by atoms with E-state index in [9.17, 15) is 41.0 Å². The molecule has 0 amide bonds. The van der Waals surface area contributed by atoms with Crippen molar-refractivity contribution in [1.29, 1.82) is 0 Å². The van der Waals surface area contributed by atoms with Crippen molar-refractivity contribution >= 4 is 11.9 Å². The van der Waals surface area contributed by atoms with Gasteiger partial charge in [0.1, 0.15) is 29.4 Å². The van der Waals surface area contributed by atoms with Crippen LogP contribution in [0.25, 0.3) is 0 Å². The monoisotopic (exact) mass is 642 g/mol. The number of fused-ring (bicyclic) bond motifs is 2. The van der Waals surface area contributed by atoms with Crippen LogP contribution in [-0.2, 0) is 23.7 Å². The largest absolute Gasteiger partial charge is 0.497 e. The van der Waals surface area contributed by atoms with Gasteiger partial charge in [-0.25, -0.2) is 9.59 Å². The Kier molecular flexibility index (Phi) is 9.02. The molecule has 0 aromatic heterocycles. The van der Waals surface area contributed by atoms with Gasteiger partial charge in [-0.1, -0.05) is 20.8 Å². The van der Waals surface area contributed by atoms with Crippen LogP contribution in [0.3, 0.4) is 0 Å². The zero-order valence-electron chi connectivity index (χ0n) is 24.6. The number of hydrogen-bond acceptors (Lipinski definition) is 8. The van der Waals surface area contributed by atoms with Crippen LogP contribution in [0.1, 0.15) is 76.3 Å². The fraction of sp³-hybridized carbons (Fsp3) is 0.355. The van der Waals surface area contributed by atoms with Crippen molar-refractivity contribution in [2.75, 3.05) is 14.2 Å². The van der Waals surface area contributed by atoms with Crippen molar-refractivity contribution in [2.24, 2.45) is 5.41 Å². The second kappa shape index (κ2) is 12.1. The summed E-state index contributed by atoms with van der Waals surface area (Å²) in [6.45, 7) is 5.25. The van der Waals surface area contributed by atoms with Crippen LogP contribution in [-0.4, -0.2) is 31.3 Å². The van der Waals surface area contributed by atoms with E-state index in [1.807, 2.05) is 20.8 Å². The summed E-state index contributed by atoms with van der Waals surface area (Å²) in [5.74, 6) is -3.33. The highest BCUT2D eigenvalue weighted by Crippen LogP contribution is 2.46. The molecule has 1 N–H and O–H groups in total. The minimum Gasteiger partial charge on any atom is -0.497 e. The van der Waals surface area contributed by atoms with E-state index in [0.29, 0.717) is 6.42 Å². The molecule has 0 radical (unpaired) electrons. The molecule has 3 aromatic carbocycles. The second-order valence-electron chi connectivity index (χ2n) is 11.3. The molecule has 1 aliphatic heterocycles. The molecule has 1 atom stereocenters. The van der Waals surface area contributed by atoms with Gasteiger partial charge in [-0.15, -0.1) is 0 Å². The molecular weight excluding hydrogens is 614 g/mol. The fourth-order valence-corrected chi connectivity index (χ4v) is 4.64. The van der Waals surface area contributed by atoms with Crippen LogP contribution in [0.2, 0.25) is 0 Å². The fourth-order valence-electron chi connectivity index (χ4n) is 4.64. The predicted molar refractivity (Wildman–Crippen MR) is 146 cm³/mol. The number of carbonyl (C=O) groups is 2. The van der Waals surface area contributed by atoms with Gasteiger partial charge in [0, 0.05) is 17.2 Å². The molecule has 0 fully saturated rings. The van der Waals surface area contributed by atoms with Crippen LogP contribution < -0.4 is 18.9 Å². The Labute approximate surface area is 253 Å². The predicted octanol–water partition coefficient (Wildman–Crippen LogP) is 7.89. The molecule has 1 heterocycles. The molecule has 0 spiro atoms. The van der Waals surface area contributed by atoms with E-state index in [4.69, 9.17) is 23.7 Å². The third-order valence-corrected chi connectivity index (χ3v) is 6.66. The molecule has 8 nitrogen and oxygen atoms in total. The maximum absolute atomic E-state index is 13.4. The van der Waals surface area contributed by atoms with Gasteiger partial charge in [-0.3, -0.25) is 0 Å². The number of esters is 2. The third kappa shape index (κ3) is 7.44. The maximum atomic E-state index is 13.4. The summed E-state index contributed by atoms with van der Waals surface area (Å²) in [4.78, 5) is 26.2. The zero-order chi connectivity index (χ0) is 33.5. The molecule has 4 rings (SSSR count). The number of hydrogen-bond donors (Lipinski definition) is 1. The highest BCUT2D eigenvalue weighted by Gasteiger charge is 2.38. The summed E-state index contributed by atoms with van der Waals surface area (Å²) in [6.07, 6.45) is -11.1. The van der Waals surface area contributed by atoms with Gasteiger partial charge in [-0.2, -0.15) is 26.3 Å². The molecular formula is C31H28F6O8. The van der Waals surface area contributed by atoms with E-state index < -0.39 is 59.4 Å². The molecule has 242 valence electrons. The molecule has 45 heavy (non-hydrogen) atoms. The van der Waals surface area contributed by atoms with E-state index in [-0.39, 0.29) is 63.3 Å². The lowest BCUT2D eigenvalue weighted by Crippen LogP contribution is -2.18. The Morgan fingerprint density at radius 2 is 1.56 bits per heavy atom. The number of rotatable bonds is 6. The number of benzene rings is 3. The first kappa shape index (κ1) is 33.4. The Balaban J connectivity index is 1.82. The van der Waals surface area contributed by atoms with Gasteiger partial charge in [0.15, 0.2) is 11.5 Å². The number of aliphatic hydroxyl groups is 1. The van der Waals surface area contributed by atoms with E-state index in [2.05, 4.69) is 0 Å². The molecule has 0 saturated carbocycles. The smallest absolute Gasteiger partial charge is 0.416 e. The molecule has 1 aliphatic rings. The van der Waals surface area contributed by atoms with Crippen LogP contribution in [0.15, 0.2) is 42.5 Å². The number of carbonyl (C=O) groups excluding carboxylic acids is 2. The van der Waals surface area contributed by atoms with E-state index in [1.54, 1.807) is 0 Å². The van der Waals surface area contributed by atoms with E-state index in [0.717, 1.165) is 6.07 Å². The first-order valence-corrected chi connectivity index (χ1v) is 13.3. The minimum absolute atomic E-state index is 0.0373. The number of halogens is 6. The molecule has 0 aliphatic carbocycles. The normalized spacial score (nSPS) is 14.2. The van der Waals surface area contributed by atoms with Crippen molar-refractivity contribution in [2.45, 2.75) is 52.3 Å². The average molecular weight is 643 g/mol. The molecule has 3 aromatic rings. The summed E-state index contributed by atoms with van der Waals surface area (Å²) < 4.78 is 108. The van der Waals surface area contributed by atoms with Crippen LogP contribution >= 0.6 is 0 Å². The number of aliphatic hydroxyl groups excluding tert-OH is 1. The van der Waals surface area contributed by atoms with Gasteiger partial charge in [-0.05, 0) is 48.2 Å². The van der Waals surface area contributed by atoms with Crippen molar-refractivity contribution < 1.29 is 64.7 Å². The maximum Gasteiger partial charge on any atom is 0.416 e. The Morgan fingerprint density at radius 3 is 2.09 bits per heavy atom. The minimum atomic E-state index is -5.20. The van der Waals surface area contributed by atoms with E-state index in [1.165, 1.54) is 32.4 Å². The summed E-state index contributed by atoms with van der Waals surface area (Å²) in [6, 6.07) is 5.63. The summed E-state index contributed by atoms with van der Waals surface area (Å²) in [7, 11) is 2.52. The molecule has 0 unspecified atom stereocenters. The van der Waals surface area contributed by atoms with Gasteiger partial charge in [0.2, 0.25) is 0 Å². The molecule has 0 saturated heterocycles.